The molecular weight excluding hydrogens is 375 g/mol. The number of hydrogen-bond donors (Lipinski definition) is 2. The Balaban J connectivity index is 1.72. The van der Waals surface area contributed by atoms with Crippen LogP contribution in [-0.2, 0) is 0 Å². The number of quaternary nitrogens is 1. The third kappa shape index (κ3) is 2.85. The SMILES string of the molecule is Clc1ccc([C@H]2[NH2+]C[C@@H](c3ccccc3Cl)c3c2[nH]c2ccccc32)cc1. The van der Waals surface area contributed by atoms with Crippen molar-refractivity contribution in [1.82, 2.24) is 4.98 Å². The zero-order valence-corrected chi connectivity index (χ0v) is 16.1. The number of para-hydroxylation sites is 1. The van der Waals surface area contributed by atoms with Gasteiger partial charge in [-0.25, -0.2) is 0 Å². The van der Waals surface area contributed by atoms with Crippen LogP contribution in [0.3, 0.4) is 0 Å². The molecule has 0 bridgehead atoms. The van der Waals surface area contributed by atoms with E-state index in [1.54, 1.807) is 0 Å². The molecule has 4 aromatic rings. The number of aromatic amines is 1. The summed E-state index contributed by atoms with van der Waals surface area (Å²) in [5.41, 5.74) is 6.24. The van der Waals surface area contributed by atoms with E-state index in [4.69, 9.17) is 23.2 Å². The van der Waals surface area contributed by atoms with Gasteiger partial charge in [0.05, 0.1) is 18.2 Å². The molecular formula is C23H19Cl2N2+. The van der Waals surface area contributed by atoms with Gasteiger partial charge in [-0.1, -0.05) is 71.7 Å². The molecule has 0 aliphatic carbocycles. The van der Waals surface area contributed by atoms with Crippen LogP contribution in [0, 0.1) is 0 Å². The lowest BCUT2D eigenvalue weighted by atomic mass is 9.83. The lowest BCUT2D eigenvalue weighted by Gasteiger charge is -2.28. The molecule has 1 aliphatic rings. The molecule has 1 aliphatic heterocycles. The Hall–Kier alpha value is -2.26. The lowest BCUT2D eigenvalue weighted by Crippen LogP contribution is -2.88. The van der Waals surface area contributed by atoms with Crippen molar-refractivity contribution in [2.75, 3.05) is 6.54 Å². The van der Waals surface area contributed by atoms with Crippen molar-refractivity contribution in [3.05, 3.63) is 105 Å². The van der Waals surface area contributed by atoms with Crippen molar-refractivity contribution in [1.29, 1.82) is 0 Å². The molecule has 1 aromatic heterocycles. The number of rotatable bonds is 2. The Morgan fingerprint density at radius 3 is 2.41 bits per heavy atom. The van der Waals surface area contributed by atoms with Crippen LogP contribution in [0.5, 0.6) is 0 Å². The van der Waals surface area contributed by atoms with Gasteiger partial charge in [-0.15, -0.1) is 0 Å². The fourth-order valence-corrected chi connectivity index (χ4v) is 4.72. The van der Waals surface area contributed by atoms with E-state index in [1.807, 2.05) is 24.3 Å². The number of halogens is 2. The molecule has 27 heavy (non-hydrogen) atoms. The topological polar surface area (TPSA) is 32.4 Å². The van der Waals surface area contributed by atoms with Crippen LogP contribution in [-0.4, -0.2) is 11.5 Å². The summed E-state index contributed by atoms with van der Waals surface area (Å²) in [6.45, 7) is 0.950. The van der Waals surface area contributed by atoms with Gasteiger partial charge < -0.3 is 10.3 Å². The first-order valence-corrected chi connectivity index (χ1v) is 9.91. The number of nitrogens with two attached hydrogens (primary N) is 1. The van der Waals surface area contributed by atoms with Gasteiger partial charge >= 0.3 is 0 Å². The van der Waals surface area contributed by atoms with Gasteiger partial charge in [-0.3, -0.25) is 0 Å². The van der Waals surface area contributed by atoms with Crippen LogP contribution in [0.4, 0.5) is 0 Å². The molecule has 0 spiro atoms. The second kappa shape index (κ2) is 6.72. The largest absolute Gasteiger partial charge is 0.353 e. The van der Waals surface area contributed by atoms with Gasteiger partial charge in [0.25, 0.3) is 0 Å². The number of hydrogen-bond acceptors (Lipinski definition) is 0. The summed E-state index contributed by atoms with van der Waals surface area (Å²) in [7, 11) is 0. The van der Waals surface area contributed by atoms with Crippen molar-refractivity contribution in [3.63, 3.8) is 0 Å². The molecule has 4 heteroatoms. The summed E-state index contributed by atoms with van der Waals surface area (Å²) in [6, 6.07) is 25.1. The maximum absolute atomic E-state index is 6.57. The van der Waals surface area contributed by atoms with Crippen molar-refractivity contribution in [2.24, 2.45) is 0 Å². The van der Waals surface area contributed by atoms with Crippen molar-refractivity contribution in [3.8, 4) is 0 Å². The Labute approximate surface area is 168 Å². The molecule has 2 heterocycles. The van der Waals surface area contributed by atoms with Crippen LogP contribution in [0.15, 0.2) is 72.8 Å². The fourth-order valence-electron chi connectivity index (χ4n) is 4.33. The molecule has 0 saturated carbocycles. The van der Waals surface area contributed by atoms with E-state index in [0.717, 1.165) is 16.6 Å². The Morgan fingerprint density at radius 1 is 0.852 bits per heavy atom. The molecule has 3 N–H and O–H groups in total. The summed E-state index contributed by atoms with van der Waals surface area (Å²) in [5, 5.41) is 5.27. The van der Waals surface area contributed by atoms with Gasteiger partial charge in [0.1, 0.15) is 0 Å². The van der Waals surface area contributed by atoms with E-state index in [2.05, 4.69) is 58.8 Å². The molecule has 3 aromatic carbocycles. The maximum atomic E-state index is 6.57. The number of fused-ring (bicyclic) bond motifs is 3. The Kier molecular flexibility index (Phi) is 4.20. The van der Waals surface area contributed by atoms with E-state index < -0.39 is 0 Å². The summed E-state index contributed by atoms with van der Waals surface area (Å²) in [5.74, 6) is 0.258. The molecule has 0 amide bonds. The average molecular weight is 394 g/mol. The van der Waals surface area contributed by atoms with Crippen LogP contribution >= 0.6 is 23.2 Å². The molecule has 2 nitrogen and oxygen atoms in total. The Bertz CT molecular complexity index is 1110. The minimum absolute atomic E-state index is 0.225. The van der Waals surface area contributed by atoms with E-state index in [-0.39, 0.29) is 12.0 Å². The molecule has 2 atom stereocenters. The summed E-state index contributed by atoms with van der Waals surface area (Å²) < 4.78 is 0. The smallest absolute Gasteiger partial charge is 0.153 e. The van der Waals surface area contributed by atoms with Gasteiger partial charge in [0, 0.05) is 32.1 Å². The predicted octanol–water partition coefficient (Wildman–Crippen LogP) is 5.27. The zero-order chi connectivity index (χ0) is 18.4. The first kappa shape index (κ1) is 16.9. The minimum atomic E-state index is 0.225. The highest BCUT2D eigenvalue weighted by molar-refractivity contribution is 6.31. The summed E-state index contributed by atoms with van der Waals surface area (Å²) in [6.07, 6.45) is 0. The molecule has 5 rings (SSSR count). The molecule has 134 valence electrons. The summed E-state index contributed by atoms with van der Waals surface area (Å²) >= 11 is 12.7. The molecule has 0 unspecified atom stereocenters. The maximum Gasteiger partial charge on any atom is 0.153 e. The van der Waals surface area contributed by atoms with E-state index in [0.29, 0.717) is 0 Å². The second-order valence-electron chi connectivity index (χ2n) is 7.07. The summed E-state index contributed by atoms with van der Waals surface area (Å²) in [4.78, 5) is 3.69. The van der Waals surface area contributed by atoms with Crippen LogP contribution in [0.1, 0.15) is 34.3 Å². The number of aromatic nitrogens is 1. The van der Waals surface area contributed by atoms with Gasteiger partial charge in [-0.05, 0) is 29.8 Å². The molecule has 0 radical (unpaired) electrons. The standard InChI is InChI=1S/C23H18Cl2N2/c24-15-11-9-14(10-12-15)22-23-21(17-6-2-4-8-20(17)27-23)18(13-26-22)16-5-1-3-7-19(16)25/h1-12,18,22,26-27H,13H2/p+1/t18-,22+/m0/s1. The third-order valence-electron chi connectivity index (χ3n) is 5.55. The van der Waals surface area contributed by atoms with Crippen molar-refractivity contribution >= 4 is 34.1 Å². The van der Waals surface area contributed by atoms with E-state index in [1.165, 1.54) is 33.3 Å². The number of nitrogens with one attached hydrogen (secondary N) is 1. The van der Waals surface area contributed by atoms with Crippen LogP contribution < -0.4 is 5.32 Å². The Morgan fingerprint density at radius 2 is 1.59 bits per heavy atom. The van der Waals surface area contributed by atoms with E-state index >= 15 is 0 Å². The minimum Gasteiger partial charge on any atom is -0.353 e. The second-order valence-corrected chi connectivity index (χ2v) is 7.92. The van der Waals surface area contributed by atoms with Crippen LogP contribution in [0.25, 0.3) is 10.9 Å². The third-order valence-corrected chi connectivity index (χ3v) is 6.15. The van der Waals surface area contributed by atoms with Crippen molar-refractivity contribution < 1.29 is 5.32 Å². The zero-order valence-electron chi connectivity index (χ0n) is 14.6. The predicted molar refractivity (Wildman–Crippen MR) is 112 cm³/mol. The first-order valence-electron chi connectivity index (χ1n) is 9.16. The highest BCUT2D eigenvalue weighted by Gasteiger charge is 2.36. The van der Waals surface area contributed by atoms with Crippen LogP contribution in [0.2, 0.25) is 10.0 Å². The van der Waals surface area contributed by atoms with Gasteiger partial charge in [-0.2, -0.15) is 0 Å². The number of benzene rings is 3. The van der Waals surface area contributed by atoms with Gasteiger partial charge in [0.15, 0.2) is 6.04 Å². The highest BCUT2D eigenvalue weighted by atomic mass is 35.5. The first-order chi connectivity index (χ1) is 13.2. The number of H-pyrrole nitrogens is 1. The quantitative estimate of drug-likeness (QED) is 0.464. The van der Waals surface area contributed by atoms with Crippen molar-refractivity contribution in [2.45, 2.75) is 12.0 Å². The molecule has 0 saturated heterocycles. The van der Waals surface area contributed by atoms with E-state index in [9.17, 15) is 0 Å². The lowest BCUT2D eigenvalue weighted by molar-refractivity contribution is -0.692. The fraction of sp³-hybridized carbons (Fsp3) is 0.130. The monoisotopic (exact) mass is 393 g/mol. The van der Waals surface area contributed by atoms with Gasteiger partial charge in [0.2, 0.25) is 0 Å². The normalized spacial score (nSPS) is 19.2. The molecule has 0 fully saturated rings. The average Bonchev–Trinajstić information content (AvgIpc) is 3.08. The highest BCUT2D eigenvalue weighted by Crippen LogP contribution is 2.40.